The lowest BCUT2D eigenvalue weighted by molar-refractivity contribution is -0.140. The Morgan fingerprint density at radius 2 is 2.30 bits per heavy atom. The highest BCUT2D eigenvalue weighted by molar-refractivity contribution is 6.08. The number of benzene rings is 1. The average Bonchev–Trinajstić information content (AvgIpc) is 2.80. The van der Waals surface area contributed by atoms with Gasteiger partial charge in [0.05, 0.1) is 18.7 Å². The Bertz CT molecular complexity index is 673. The molecular formula is C15H17N3O5. The monoisotopic (exact) mass is 319 g/mol. The first kappa shape index (κ1) is 15.3. The number of aliphatic imine (C=N–C) groups is 1. The lowest BCUT2D eigenvalue weighted by Gasteiger charge is -2.27. The van der Waals surface area contributed by atoms with Crippen LogP contribution in [-0.2, 0) is 16.1 Å². The summed E-state index contributed by atoms with van der Waals surface area (Å²) in [7, 11) is 0. The normalized spacial score (nSPS) is 18.8. The first-order valence-electron chi connectivity index (χ1n) is 7.33. The van der Waals surface area contributed by atoms with E-state index in [0.29, 0.717) is 31.3 Å². The molecule has 1 unspecified atom stereocenters. The second-order valence-corrected chi connectivity index (χ2v) is 5.38. The molecule has 0 spiro atoms. The van der Waals surface area contributed by atoms with E-state index in [1.54, 1.807) is 17.0 Å². The number of hydrogen-bond acceptors (Lipinski definition) is 6. The van der Waals surface area contributed by atoms with E-state index in [-0.39, 0.29) is 18.9 Å². The van der Waals surface area contributed by atoms with Crippen LogP contribution in [0.1, 0.15) is 18.4 Å². The number of rotatable bonds is 6. The molecule has 2 heterocycles. The number of aliphatic hydroxyl groups is 1. The van der Waals surface area contributed by atoms with Crippen molar-refractivity contribution in [3.05, 3.63) is 23.8 Å². The third-order valence-corrected chi connectivity index (χ3v) is 3.74. The SMILES string of the molecule is O=C(O)CC1C(=O)NC2=Nc3ccc(OCCCO)cc3CN21. The van der Waals surface area contributed by atoms with Crippen LogP contribution >= 0.6 is 0 Å². The van der Waals surface area contributed by atoms with Crippen molar-refractivity contribution in [2.24, 2.45) is 4.99 Å². The van der Waals surface area contributed by atoms with Gasteiger partial charge in [-0.25, -0.2) is 4.99 Å². The maximum atomic E-state index is 11.9. The van der Waals surface area contributed by atoms with Crippen molar-refractivity contribution in [3.8, 4) is 5.75 Å². The summed E-state index contributed by atoms with van der Waals surface area (Å²) < 4.78 is 5.53. The highest BCUT2D eigenvalue weighted by Crippen LogP contribution is 2.32. The minimum atomic E-state index is -1.03. The van der Waals surface area contributed by atoms with Gasteiger partial charge >= 0.3 is 5.97 Å². The first-order valence-corrected chi connectivity index (χ1v) is 7.33. The predicted molar refractivity (Wildman–Crippen MR) is 80.5 cm³/mol. The molecule has 8 heteroatoms. The molecule has 122 valence electrons. The maximum Gasteiger partial charge on any atom is 0.305 e. The number of aliphatic carboxylic acids is 1. The Balaban J connectivity index is 1.80. The molecule has 1 aromatic carbocycles. The fourth-order valence-electron chi connectivity index (χ4n) is 2.64. The van der Waals surface area contributed by atoms with Gasteiger partial charge in [-0.1, -0.05) is 0 Å². The number of carboxylic acids is 1. The van der Waals surface area contributed by atoms with Gasteiger partial charge in [0.25, 0.3) is 0 Å². The van der Waals surface area contributed by atoms with Crippen LogP contribution in [0.4, 0.5) is 5.69 Å². The van der Waals surface area contributed by atoms with Gasteiger partial charge in [-0.3, -0.25) is 14.9 Å². The van der Waals surface area contributed by atoms with E-state index in [4.69, 9.17) is 14.9 Å². The summed E-state index contributed by atoms with van der Waals surface area (Å²) in [6.45, 7) is 0.869. The van der Waals surface area contributed by atoms with Crippen molar-refractivity contribution in [1.82, 2.24) is 10.2 Å². The van der Waals surface area contributed by atoms with Crippen molar-refractivity contribution < 1.29 is 24.5 Å². The zero-order valence-electron chi connectivity index (χ0n) is 12.4. The Labute approximate surface area is 132 Å². The molecule has 3 rings (SSSR count). The van der Waals surface area contributed by atoms with Crippen molar-refractivity contribution >= 4 is 23.5 Å². The highest BCUT2D eigenvalue weighted by atomic mass is 16.5. The predicted octanol–water partition coefficient (Wildman–Crippen LogP) is 0.224. The van der Waals surface area contributed by atoms with Gasteiger partial charge in [-0.15, -0.1) is 0 Å². The molecule has 23 heavy (non-hydrogen) atoms. The molecule has 1 amide bonds. The highest BCUT2D eigenvalue weighted by Gasteiger charge is 2.40. The van der Waals surface area contributed by atoms with Crippen molar-refractivity contribution in [3.63, 3.8) is 0 Å². The molecule has 3 N–H and O–H groups in total. The summed E-state index contributed by atoms with van der Waals surface area (Å²) in [4.78, 5) is 28.9. The smallest absolute Gasteiger partial charge is 0.305 e. The molecule has 2 aliphatic rings. The topological polar surface area (TPSA) is 111 Å². The van der Waals surface area contributed by atoms with Gasteiger partial charge in [-0.05, 0) is 18.2 Å². The third-order valence-electron chi connectivity index (χ3n) is 3.74. The summed E-state index contributed by atoms with van der Waals surface area (Å²) in [6.07, 6.45) is 0.275. The van der Waals surface area contributed by atoms with Gasteiger partial charge in [0.2, 0.25) is 11.9 Å². The van der Waals surface area contributed by atoms with Crippen molar-refractivity contribution in [2.75, 3.05) is 13.2 Å². The number of hydrogen-bond donors (Lipinski definition) is 3. The quantitative estimate of drug-likeness (QED) is 0.647. The molecule has 8 nitrogen and oxygen atoms in total. The number of aliphatic hydroxyl groups excluding tert-OH is 1. The van der Waals surface area contributed by atoms with E-state index in [1.165, 1.54) is 0 Å². The summed E-state index contributed by atoms with van der Waals surface area (Å²) in [5.74, 6) is -0.330. The molecule has 0 aromatic heterocycles. The van der Waals surface area contributed by atoms with Crippen LogP contribution in [0.15, 0.2) is 23.2 Å². The number of fused-ring (bicyclic) bond motifs is 2. The van der Waals surface area contributed by atoms with Gasteiger partial charge in [0.15, 0.2) is 0 Å². The molecule has 1 fully saturated rings. The fourth-order valence-corrected chi connectivity index (χ4v) is 2.64. The number of ether oxygens (including phenoxy) is 1. The average molecular weight is 319 g/mol. The van der Waals surface area contributed by atoms with Crippen LogP contribution in [0.3, 0.4) is 0 Å². The Kier molecular flexibility index (Phi) is 4.16. The zero-order chi connectivity index (χ0) is 16.4. The molecule has 0 bridgehead atoms. The number of guanidine groups is 1. The van der Waals surface area contributed by atoms with E-state index >= 15 is 0 Å². The lowest BCUT2D eigenvalue weighted by Crippen LogP contribution is -2.38. The zero-order valence-corrected chi connectivity index (χ0v) is 12.4. The summed E-state index contributed by atoms with van der Waals surface area (Å²) >= 11 is 0. The fraction of sp³-hybridized carbons (Fsp3) is 0.400. The van der Waals surface area contributed by atoms with Gasteiger partial charge in [0.1, 0.15) is 11.8 Å². The summed E-state index contributed by atoms with van der Waals surface area (Å²) in [6, 6.07) is 4.65. The van der Waals surface area contributed by atoms with Crippen LogP contribution in [0.5, 0.6) is 5.75 Å². The lowest BCUT2D eigenvalue weighted by atomic mass is 10.1. The molecular weight excluding hydrogens is 302 g/mol. The molecule has 0 saturated carbocycles. The first-order chi connectivity index (χ1) is 11.1. The Morgan fingerprint density at radius 3 is 3.04 bits per heavy atom. The van der Waals surface area contributed by atoms with Crippen molar-refractivity contribution in [1.29, 1.82) is 0 Å². The van der Waals surface area contributed by atoms with Crippen LogP contribution in [0, 0.1) is 0 Å². The van der Waals surface area contributed by atoms with Crippen LogP contribution < -0.4 is 10.1 Å². The van der Waals surface area contributed by atoms with Gasteiger partial charge in [0, 0.05) is 25.1 Å². The van der Waals surface area contributed by atoms with E-state index in [2.05, 4.69) is 10.3 Å². The van der Waals surface area contributed by atoms with Crippen LogP contribution in [0.25, 0.3) is 0 Å². The number of carbonyl (C=O) groups is 2. The number of nitrogens with one attached hydrogen (secondary N) is 1. The van der Waals surface area contributed by atoms with E-state index in [9.17, 15) is 9.59 Å². The van der Waals surface area contributed by atoms with Gasteiger partial charge in [-0.2, -0.15) is 0 Å². The molecule has 0 radical (unpaired) electrons. The third kappa shape index (κ3) is 3.11. The molecule has 2 aliphatic heterocycles. The molecule has 1 aromatic rings. The maximum absolute atomic E-state index is 11.9. The van der Waals surface area contributed by atoms with E-state index in [0.717, 1.165) is 11.3 Å². The second kappa shape index (κ2) is 6.25. The Hall–Kier alpha value is -2.61. The number of carbonyl (C=O) groups excluding carboxylic acids is 1. The standard InChI is InChI=1S/C15H17N3O5/c19-4-1-5-23-10-2-3-11-9(6-10)8-18-12(7-13(20)21)14(22)17-15(18)16-11/h2-3,6,12,19H,1,4-5,7-8H2,(H,20,21)(H,16,17,22). The molecule has 1 saturated heterocycles. The van der Waals surface area contributed by atoms with Crippen molar-refractivity contribution in [2.45, 2.75) is 25.4 Å². The summed E-state index contributed by atoms with van der Waals surface area (Å²) in [5.41, 5.74) is 1.59. The minimum absolute atomic E-state index is 0.0665. The number of nitrogens with zero attached hydrogens (tertiary/aromatic N) is 2. The number of amides is 1. The molecule has 0 aliphatic carbocycles. The molecule has 1 atom stereocenters. The Morgan fingerprint density at radius 1 is 1.48 bits per heavy atom. The van der Waals surface area contributed by atoms with Crippen LogP contribution in [0.2, 0.25) is 0 Å². The van der Waals surface area contributed by atoms with Crippen LogP contribution in [-0.4, -0.2) is 52.2 Å². The summed E-state index contributed by atoms with van der Waals surface area (Å²) in [5, 5.41) is 20.4. The second-order valence-electron chi connectivity index (χ2n) is 5.38. The number of carboxylic acid groups (broad SMARTS) is 1. The van der Waals surface area contributed by atoms with E-state index in [1.807, 2.05) is 6.07 Å². The van der Waals surface area contributed by atoms with E-state index < -0.39 is 12.0 Å². The van der Waals surface area contributed by atoms with Gasteiger partial charge < -0.3 is 19.8 Å². The largest absolute Gasteiger partial charge is 0.493 e. The minimum Gasteiger partial charge on any atom is -0.493 e.